The van der Waals surface area contributed by atoms with Crippen molar-refractivity contribution in [1.29, 1.82) is 0 Å². The van der Waals surface area contributed by atoms with Crippen molar-refractivity contribution in [1.82, 2.24) is 15.0 Å². The van der Waals surface area contributed by atoms with Crippen molar-refractivity contribution in [2.24, 2.45) is 17.3 Å². The van der Waals surface area contributed by atoms with Crippen LogP contribution in [0.3, 0.4) is 0 Å². The summed E-state index contributed by atoms with van der Waals surface area (Å²) in [5.74, 6) is -2.10. The molecular formula is C40H59BrN4O8Si. The molecule has 12 nitrogen and oxygen atoms in total. The van der Waals surface area contributed by atoms with Crippen molar-refractivity contribution in [3.8, 4) is 11.6 Å². The number of ether oxygens (including phenoxy) is 2. The van der Waals surface area contributed by atoms with Gasteiger partial charge in [0.15, 0.2) is 37.0 Å². The fourth-order valence-electron chi connectivity index (χ4n) is 7.65. The molecule has 0 fully saturated rings. The second kappa shape index (κ2) is 15.5. The van der Waals surface area contributed by atoms with E-state index in [2.05, 4.69) is 47.2 Å². The first-order valence-corrected chi connectivity index (χ1v) is 23.0. The van der Waals surface area contributed by atoms with Crippen molar-refractivity contribution in [2.45, 2.75) is 130 Å². The van der Waals surface area contributed by atoms with Gasteiger partial charge < -0.3 is 28.8 Å². The lowest BCUT2D eigenvalue weighted by molar-refractivity contribution is -0.117. The minimum absolute atomic E-state index is 0.0597. The number of nitrogens with one attached hydrogen (secondary N) is 1. The fourth-order valence-corrected chi connectivity index (χ4v) is 9.64. The molecule has 2 aromatic heterocycles. The predicted octanol–water partition coefficient (Wildman–Crippen LogP) is 9.01. The zero-order valence-electron chi connectivity index (χ0n) is 34.1. The van der Waals surface area contributed by atoms with Gasteiger partial charge in [0.05, 0.1) is 24.8 Å². The summed E-state index contributed by atoms with van der Waals surface area (Å²) in [5.41, 5.74) is -1.15. The molecular weight excluding hydrogens is 772 g/mol. The first-order valence-electron chi connectivity index (χ1n) is 19.3. The van der Waals surface area contributed by atoms with E-state index in [1.54, 1.807) is 0 Å². The number of fused-ring (bicyclic) bond motifs is 4. The molecule has 0 radical (unpaired) electrons. The lowest BCUT2D eigenvalue weighted by Gasteiger charge is -2.55. The van der Waals surface area contributed by atoms with Gasteiger partial charge in [0.25, 0.3) is 5.88 Å². The molecule has 0 saturated carbocycles. The first kappa shape index (κ1) is 42.1. The number of halogens is 1. The molecule has 0 spiro atoms. The number of hydrogen-bond acceptors (Lipinski definition) is 11. The minimum atomic E-state index is -2.87. The number of carbonyl (C=O) groups excluding carboxylic acids is 3. The largest absolute Gasteiger partial charge is 0.508 e. The summed E-state index contributed by atoms with van der Waals surface area (Å²) in [6, 6.07) is -0.548. The highest BCUT2D eigenvalue weighted by Crippen LogP contribution is 2.60. The zero-order chi connectivity index (χ0) is 40.1. The summed E-state index contributed by atoms with van der Waals surface area (Å²) in [4.78, 5) is 50.5. The summed E-state index contributed by atoms with van der Waals surface area (Å²) in [6.07, 6.45) is 4.05. The van der Waals surface area contributed by atoms with Crippen LogP contribution in [0.15, 0.2) is 20.5 Å². The molecule has 2 N–H and O–H groups in total. The second-order valence-electron chi connectivity index (χ2n) is 18.0. The standard InChI is InChI=1S/C40H59BrN4O8Si/c1-13-15-17-50-32-27-23(35(41)43-36(32)42-25(46)21-38(3,4)5)19-22-20-24-29(45(9)10)31-28(37(44-52-31)51-18-16-14-2)34(49)40(24,33(48)26(22)30(27)47)53-54(11,12)39(6,7)8/h22,24,29,48H,13-21H2,1-12H3,(H,42,43,46)/t22-,24-,29-,40-/m0/s1. The Bertz CT molecular complexity index is 1820. The average molecular weight is 832 g/mol. The maximum atomic E-state index is 15.4. The van der Waals surface area contributed by atoms with E-state index in [0.717, 1.165) is 19.3 Å². The van der Waals surface area contributed by atoms with Crippen LogP contribution in [0, 0.1) is 17.3 Å². The Balaban J connectivity index is 1.77. The van der Waals surface area contributed by atoms with Crippen LogP contribution in [0.5, 0.6) is 11.6 Å². The molecule has 5 rings (SSSR count). The maximum absolute atomic E-state index is 15.4. The Morgan fingerprint density at radius 3 is 2.26 bits per heavy atom. The van der Waals surface area contributed by atoms with E-state index in [4.69, 9.17) is 23.4 Å². The number of unbranched alkanes of at least 4 members (excludes halogenated alkanes) is 2. The molecule has 0 aliphatic heterocycles. The van der Waals surface area contributed by atoms with Gasteiger partial charge in [0.1, 0.15) is 15.9 Å². The van der Waals surface area contributed by atoms with Crippen molar-refractivity contribution in [3.05, 3.63) is 38.4 Å². The van der Waals surface area contributed by atoms with E-state index in [-0.39, 0.29) is 63.5 Å². The average Bonchev–Trinajstić information content (AvgIpc) is 3.45. The molecule has 0 aromatic carbocycles. The topological polar surface area (TPSA) is 153 Å². The van der Waals surface area contributed by atoms with Gasteiger partial charge in [-0.25, -0.2) is 4.98 Å². The molecule has 4 atom stereocenters. The highest BCUT2D eigenvalue weighted by molar-refractivity contribution is 9.10. The number of aliphatic hydroxyl groups is 1. The quantitative estimate of drug-likeness (QED) is 0.113. The number of hydrogen-bond donors (Lipinski definition) is 2. The van der Waals surface area contributed by atoms with Gasteiger partial charge in [-0.05, 0) is 90.3 Å². The van der Waals surface area contributed by atoms with Crippen LogP contribution < -0.4 is 14.8 Å². The number of Topliss-reactive ketones (excluding diaryl/α,β-unsaturated/α-hetero) is 2. The van der Waals surface area contributed by atoms with Crippen LogP contribution in [0.4, 0.5) is 5.82 Å². The van der Waals surface area contributed by atoms with Gasteiger partial charge in [-0.3, -0.25) is 19.3 Å². The number of aliphatic hydroxyl groups excluding tert-OH is 1. The molecule has 0 bridgehead atoms. The number of anilines is 1. The van der Waals surface area contributed by atoms with Gasteiger partial charge in [-0.15, -0.1) is 0 Å². The predicted molar refractivity (Wildman–Crippen MR) is 213 cm³/mol. The fraction of sp³-hybridized carbons (Fsp3) is 0.675. The number of carbonyl (C=O) groups is 3. The Labute approximate surface area is 329 Å². The number of aromatic nitrogens is 2. The number of ketones is 2. The smallest absolute Gasteiger partial charge is 0.265 e. The highest BCUT2D eigenvalue weighted by Gasteiger charge is 2.67. The van der Waals surface area contributed by atoms with Crippen LogP contribution in [0.25, 0.3) is 0 Å². The number of nitrogens with zero attached hydrogens (tertiary/aromatic N) is 3. The van der Waals surface area contributed by atoms with Crippen molar-refractivity contribution < 1.29 is 37.9 Å². The lowest BCUT2D eigenvalue weighted by Crippen LogP contribution is -2.65. The summed E-state index contributed by atoms with van der Waals surface area (Å²) >= 11 is 3.63. The summed E-state index contributed by atoms with van der Waals surface area (Å²) in [7, 11) is 0.923. The van der Waals surface area contributed by atoms with E-state index >= 15 is 9.59 Å². The summed E-state index contributed by atoms with van der Waals surface area (Å²) in [5, 5.41) is 19.7. The third-order valence-corrected chi connectivity index (χ3v) is 16.4. The van der Waals surface area contributed by atoms with E-state index in [1.165, 1.54) is 0 Å². The number of pyridine rings is 1. The van der Waals surface area contributed by atoms with Crippen LogP contribution in [0.2, 0.25) is 18.1 Å². The zero-order valence-corrected chi connectivity index (χ0v) is 36.7. The first-order chi connectivity index (χ1) is 25.1. The van der Waals surface area contributed by atoms with Gasteiger partial charge in [-0.2, -0.15) is 0 Å². The van der Waals surface area contributed by atoms with Crippen molar-refractivity contribution >= 4 is 47.5 Å². The van der Waals surface area contributed by atoms with Crippen molar-refractivity contribution in [2.75, 3.05) is 32.6 Å². The van der Waals surface area contributed by atoms with E-state index in [0.29, 0.717) is 41.8 Å². The molecule has 2 aromatic rings. The Kier molecular flexibility index (Phi) is 12.0. The third-order valence-electron chi connectivity index (χ3n) is 11.3. The van der Waals surface area contributed by atoms with Crippen molar-refractivity contribution in [3.63, 3.8) is 0 Å². The third kappa shape index (κ3) is 7.56. The highest BCUT2D eigenvalue weighted by atomic mass is 79.9. The van der Waals surface area contributed by atoms with E-state index < -0.39 is 49.1 Å². The molecule has 0 unspecified atom stereocenters. The van der Waals surface area contributed by atoms with Gasteiger partial charge >= 0.3 is 0 Å². The molecule has 3 aliphatic carbocycles. The number of amides is 1. The second-order valence-corrected chi connectivity index (χ2v) is 23.5. The molecule has 298 valence electrons. The van der Waals surface area contributed by atoms with E-state index in [1.807, 2.05) is 66.7 Å². The summed E-state index contributed by atoms with van der Waals surface area (Å²) < 4.78 is 26.0. The Hall–Kier alpha value is -3.07. The number of allylic oxidation sites excluding steroid dienone is 1. The van der Waals surface area contributed by atoms with Crippen LogP contribution in [-0.4, -0.2) is 78.8 Å². The Morgan fingerprint density at radius 2 is 1.69 bits per heavy atom. The number of rotatable bonds is 13. The van der Waals surface area contributed by atoms with Crippen LogP contribution >= 0.6 is 15.9 Å². The molecule has 1 amide bonds. The molecule has 54 heavy (non-hydrogen) atoms. The molecule has 0 saturated heterocycles. The van der Waals surface area contributed by atoms with Crippen LogP contribution in [-0.2, 0) is 15.6 Å². The minimum Gasteiger partial charge on any atom is -0.508 e. The Morgan fingerprint density at radius 1 is 1.06 bits per heavy atom. The van der Waals surface area contributed by atoms with Gasteiger partial charge in [0, 0.05) is 23.5 Å². The van der Waals surface area contributed by atoms with Gasteiger partial charge in [0.2, 0.25) is 11.7 Å². The molecule has 3 aliphatic rings. The van der Waals surface area contributed by atoms with Gasteiger partial charge in [-0.1, -0.05) is 68.2 Å². The van der Waals surface area contributed by atoms with E-state index in [9.17, 15) is 9.90 Å². The molecule has 14 heteroatoms. The molecule has 2 heterocycles. The summed E-state index contributed by atoms with van der Waals surface area (Å²) in [6.45, 7) is 20.9. The monoisotopic (exact) mass is 830 g/mol. The maximum Gasteiger partial charge on any atom is 0.265 e. The lowest BCUT2D eigenvalue weighted by atomic mass is 9.58. The van der Waals surface area contributed by atoms with Crippen LogP contribution in [0.1, 0.15) is 132 Å². The normalized spacial score (nSPS) is 22.8. The SMILES string of the molecule is CCCCOc1noc2c1C(=O)[C@@]1(O[Si](C)(C)C(C)(C)C)C(O)=C3C(=O)c4c(c(Br)nc(NC(=O)CC(C)(C)C)c4OCCCC)C[C@H]3C[C@H]1[C@@H]2N(C)C.